The number of carbonyl (C=O) groups is 1. The average Bonchev–Trinajstić information content (AvgIpc) is 2.70. The quantitative estimate of drug-likeness (QED) is 0.568. The van der Waals surface area contributed by atoms with Crippen molar-refractivity contribution in [3.05, 3.63) is 30.0 Å². The van der Waals surface area contributed by atoms with Crippen molar-refractivity contribution in [2.45, 2.75) is 0 Å². The summed E-state index contributed by atoms with van der Waals surface area (Å²) >= 11 is 0. The maximum atomic E-state index is 10.8. The number of para-hydroxylation sites is 1. The van der Waals surface area contributed by atoms with Crippen molar-refractivity contribution in [1.29, 1.82) is 0 Å². The number of carboxylic acid groups (broad SMARTS) is 1. The Labute approximate surface area is 89.8 Å². The van der Waals surface area contributed by atoms with Crippen LogP contribution in [0.5, 0.6) is 11.5 Å². The third kappa shape index (κ3) is 1.46. The summed E-state index contributed by atoms with van der Waals surface area (Å²) < 4.78 is 0. The number of nitrogens with one attached hydrogen (secondary N) is 1. The van der Waals surface area contributed by atoms with E-state index in [-0.39, 0.29) is 28.3 Å². The first kappa shape index (κ1) is 10.0. The van der Waals surface area contributed by atoms with E-state index in [0.29, 0.717) is 0 Å². The molecule has 0 amide bonds. The zero-order chi connectivity index (χ0) is 11.7. The Bertz CT molecular complexity index is 548. The van der Waals surface area contributed by atoms with Crippen molar-refractivity contribution in [3.8, 4) is 22.8 Å². The minimum Gasteiger partial charge on any atom is -0.504 e. The predicted molar refractivity (Wildman–Crippen MR) is 54.3 cm³/mol. The highest BCUT2D eigenvalue weighted by Gasteiger charge is 2.17. The minimum absolute atomic E-state index is 0.0686. The largest absolute Gasteiger partial charge is 0.504 e. The molecule has 16 heavy (non-hydrogen) atoms. The van der Waals surface area contributed by atoms with E-state index in [1.54, 1.807) is 0 Å². The molecular formula is C10H8N2O4. The molecule has 0 unspecified atom stereocenters. The summed E-state index contributed by atoms with van der Waals surface area (Å²) in [6, 6.07) is 4.28. The third-order valence-electron chi connectivity index (χ3n) is 2.15. The number of aromatic amines is 1. The lowest BCUT2D eigenvalue weighted by molar-refractivity contribution is 0.0698. The molecule has 6 heteroatoms. The van der Waals surface area contributed by atoms with E-state index in [1.807, 2.05) is 0 Å². The number of phenolic OH excluding ortho intramolecular Hbond substituents is 2. The number of nitrogens with zero attached hydrogens (tertiary/aromatic N) is 1. The van der Waals surface area contributed by atoms with Crippen molar-refractivity contribution < 1.29 is 20.1 Å². The lowest BCUT2D eigenvalue weighted by atomic mass is 10.1. The lowest BCUT2D eigenvalue weighted by Crippen LogP contribution is -1.96. The van der Waals surface area contributed by atoms with E-state index < -0.39 is 5.97 Å². The average molecular weight is 220 g/mol. The second-order valence-electron chi connectivity index (χ2n) is 3.14. The number of hydrogen-bond acceptors (Lipinski definition) is 4. The topological polar surface area (TPSA) is 106 Å². The molecule has 0 radical (unpaired) electrons. The van der Waals surface area contributed by atoms with Gasteiger partial charge in [0.15, 0.2) is 11.5 Å². The van der Waals surface area contributed by atoms with Gasteiger partial charge in [0.25, 0.3) is 0 Å². The van der Waals surface area contributed by atoms with Gasteiger partial charge in [-0.2, -0.15) is 5.10 Å². The fourth-order valence-corrected chi connectivity index (χ4v) is 1.39. The summed E-state index contributed by atoms with van der Waals surface area (Å²) in [5.74, 6) is -1.86. The molecule has 0 fully saturated rings. The van der Waals surface area contributed by atoms with Gasteiger partial charge in [0, 0.05) is 5.56 Å². The van der Waals surface area contributed by atoms with Crippen LogP contribution in [0.3, 0.4) is 0 Å². The van der Waals surface area contributed by atoms with Gasteiger partial charge in [0.1, 0.15) is 5.56 Å². The first-order valence-corrected chi connectivity index (χ1v) is 4.39. The third-order valence-corrected chi connectivity index (χ3v) is 2.15. The number of aromatic hydroxyl groups is 2. The summed E-state index contributed by atoms with van der Waals surface area (Å²) in [6.07, 6.45) is 1.14. The van der Waals surface area contributed by atoms with Crippen LogP contribution in [0, 0.1) is 0 Å². The number of benzene rings is 1. The number of H-pyrrole nitrogens is 1. The highest BCUT2D eigenvalue weighted by Crippen LogP contribution is 2.36. The second-order valence-corrected chi connectivity index (χ2v) is 3.14. The first-order chi connectivity index (χ1) is 7.61. The molecule has 1 aromatic heterocycles. The molecule has 2 aromatic rings. The highest BCUT2D eigenvalue weighted by molar-refractivity contribution is 5.95. The van der Waals surface area contributed by atoms with E-state index in [1.165, 1.54) is 18.2 Å². The summed E-state index contributed by atoms with van der Waals surface area (Å²) in [5.41, 5.74) is 0.275. The van der Waals surface area contributed by atoms with Crippen LogP contribution in [0.2, 0.25) is 0 Å². The Hall–Kier alpha value is -2.50. The summed E-state index contributed by atoms with van der Waals surface area (Å²) in [6.45, 7) is 0. The van der Waals surface area contributed by atoms with Crippen molar-refractivity contribution in [2.75, 3.05) is 0 Å². The van der Waals surface area contributed by atoms with Gasteiger partial charge in [0.2, 0.25) is 0 Å². The first-order valence-electron chi connectivity index (χ1n) is 4.39. The zero-order valence-electron chi connectivity index (χ0n) is 8.01. The molecule has 6 nitrogen and oxygen atoms in total. The van der Waals surface area contributed by atoms with E-state index in [9.17, 15) is 15.0 Å². The van der Waals surface area contributed by atoms with Gasteiger partial charge in [-0.1, -0.05) is 6.07 Å². The molecule has 4 N–H and O–H groups in total. The molecule has 0 saturated carbocycles. The van der Waals surface area contributed by atoms with Crippen molar-refractivity contribution in [2.24, 2.45) is 0 Å². The van der Waals surface area contributed by atoms with Gasteiger partial charge < -0.3 is 15.3 Å². The van der Waals surface area contributed by atoms with Gasteiger partial charge in [-0.25, -0.2) is 4.79 Å². The maximum absolute atomic E-state index is 10.8. The molecule has 1 heterocycles. The van der Waals surface area contributed by atoms with E-state index in [2.05, 4.69) is 10.2 Å². The van der Waals surface area contributed by atoms with Gasteiger partial charge >= 0.3 is 5.97 Å². The Balaban J connectivity index is 2.63. The molecule has 0 aliphatic carbocycles. The predicted octanol–water partition coefficient (Wildman–Crippen LogP) is 1.19. The van der Waals surface area contributed by atoms with Gasteiger partial charge in [0.05, 0.1) is 11.9 Å². The molecule has 0 aliphatic rings. The second kappa shape index (κ2) is 3.58. The standard InChI is InChI=1S/C10H8N2O4/c13-7-3-1-2-5(9(7)14)8-6(10(15)16)4-11-12-8/h1-4,13-14H,(H,11,12)(H,15,16). The molecule has 0 aliphatic heterocycles. The Kier molecular flexibility index (Phi) is 2.24. The molecular weight excluding hydrogens is 212 g/mol. The number of carboxylic acids is 1. The molecule has 82 valence electrons. The SMILES string of the molecule is O=C(O)c1cn[nH]c1-c1cccc(O)c1O. The number of aromatic carboxylic acids is 1. The van der Waals surface area contributed by atoms with Crippen LogP contribution in [0.15, 0.2) is 24.4 Å². The van der Waals surface area contributed by atoms with E-state index in [0.717, 1.165) is 6.20 Å². The van der Waals surface area contributed by atoms with Crippen molar-refractivity contribution >= 4 is 5.97 Å². The lowest BCUT2D eigenvalue weighted by Gasteiger charge is -2.04. The maximum Gasteiger partial charge on any atom is 0.339 e. The van der Waals surface area contributed by atoms with Gasteiger partial charge in [-0.15, -0.1) is 0 Å². The van der Waals surface area contributed by atoms with Crippen LogP contribution in [0.25, 0.3) is 11.3 Å². The Morgan fingerprint density at radius 2 is 2.06 bits per heavy atom. The zero-order valence-corrected chi connectivity index (χ0v) is 8.01. The Morgan fingerprint density at radius 3 is 2.75 bits per heavy atom. The number of rotatable bonds is 2. The monoisotopic (exact) mass is 220 g/mol. The normalized spacial score (nSPS) is 10.2. The van der Waals surface area contributed by atoms with E-state index >= 15 is 0 Å². The molecule has 0 bridgehead atoms. The molecule has 0 saturated heterocycles. The molecule has 2 rings (SSSR count). The van der Waals surface area contributed by atoms with Crippen molar-refractivity contribution in [1.82, 2.24) is 10.2 Å². The molecule has 1 aromatic carbocycles. The molecule has 0 atom stereocenters. The summed E-state index contributed by atoms with van der Waals surface area (Å²) in [5, 5.41) is 33.8. The van der Waals surface area contributed by atoms with Gasteiger partial charge in [-0.3, -0.25) is 5.10 Å². The highest BCUT2D eigenvalue weighted by atomic mass is 16.4. The fraction of sp³-hybridized carbons (Fsp3) is 0. The van der Waals surface area contributed by atoms with Crippen LogP contribution in [-0.2, 0) is 0 Å². The number of phenols is 2. The summed E-state index contributed by atoms with van der Waals surface area (Å²) in [7, 11) is 0. The fourth-order valence-electron chi connectivity index (χ4n) is 1.39. The summed E-state index contributed by atoms with van der Waals surface area (Å²) in [4.78, 5) is 10.8. The van der Waals surface area contributed by atoms with Crippen LogP contribution in [0.1, 0.15) is 10.4 Å². The number of hydrogen-bond donors (Lipinski definition) is 4. The van der Waals surface area contributed by atoms with Crippen LogP contribution in [0.4, 0.5) is 0 Å². The minimum atomic E-state index is -1.16. The van der Waals surface area contributed by atoms with Crippen LogP contribution in [-0.4, -0.2) is 31.5 Å². The van der Waals surface area contributed by atoms with Crippen molar-refractivity contribution in [3.63, 3.8) is 0 Å². The van der Waals surface area contributed by atoms with Crippen LogP contribution >= 0.6 is 0 Å². The van der Waals surface area contributed by atoms with Gasteiger partial charge in [-0.05, 0) is 12.1 Å². The Morgan fingerprint density at radius 1 is 1.31 bits per heavy atom. The van der Waals surface area contributed by atoms with E-state index in [4.69, 9.17) is 5.11 Å². The smallest absolute Gasteiger partial charge is 0.339 e. The van der Waals surface area contributed by atoms with Crippen LogP contribution < -0.4 is 0 Å². The number of aromatic nitrogens is 2. The molecule has 0 spiro atoms.